The Bertz CT molecular complexity index is 677. The van der Waals surface area contributed by atoms with Gasteiger partial charge in [-0.05, 0) is 63.0 Å². The van der Waals surface area contributed by atoms with E-state index < -0.39 is 11.5 Å². The number of rotatable bonds is 4. The lowest BCUT2D eigenvalue weighted by Gasteiger charge is -2.45. The first-order chi connectivity index (χ1) is 13.1. The van der Waals surface area contributed by atoms with E-state index in [0.29, 0.717) is 19.4 Å². The standard InChI is InChI=1S/C21H30N2O3S/c24-16-12-21(13-16,20(26)23-9-5-6-10-23)14-22-19(25)18-11-15-7-3-1-2-4-8-17(15)27-18/h11,16,24H,1-10,12-14H2,(H,22,25). The fraction of sp³-hybridized carbons (Fsp3) is 0.714. The molecule has 0 aromatic carbocycles. The van der Waals surface area contributed by atoms with E-state index in [1.807, 2.05) is 4.90 Å². The number of hydrogen-bond donors (Lipinski definition) is 2. The maximum absolute atomic E-state index is 12.9. The minimum Gasteiger partial charge on any atom is -0.393 e. The zero-order valence-corrected chi connectivity index (χ0v) is 16.8. The van der Waals surface area contributed by atoms with Crippen LogP contribution in [0.25, 0.3) is 0 Å². The van der Waals surface area contributed by atoms with E-state index in [0.717, 1.165) is 43.6 Å². The number of carbonyl (C=O) groups is 2. The molecule has 1 aromatic rings. The number of hydrogen-bond acceptors (Lipinski definition) is 4. The predicted molar refractivity (Wildman–Crippen MR) is 106 cm³/mol. The molecule has 3 aliphatic rings. The molecule has 2 fully saturated rings. The molecule has 1 aliphatic heterocycles. The molecule has 1 aromatic heterocycles. The van der Waals surface area contributed by atoms with Crippen LogP contribution in [0.1, 0.15) is 71.5 Å². The van der Waals surface area contributed by atoms with E-state index >= 15 is 0 Å². The average Bonchev–Trinajstić information content (AvgIpc) is 3.27. The number of thiophene rings is 1. The first-order valence-electron chi connectivity index (χ1n) is 10.4. The molecule has 0 unspecified atom stereocenters. The molecule has 0 radical (unpaired) electrons. The summed E-state index contributed by atoms with van der Waals surface area (Å²) >= 11 is 1.62. The van der Waals surface area contributed by atoms with Gasteiger partial charge >= 0.3 is 0 Å². The average molecular weight is 391 g/mol. The maximum Gasteiger partial charge on any atom is 0.261 e. The van der Waals surface area contributed by atoms with E-state index in [2.05, 4.69) is 11.4 Å². The highest BCUT2D eigenvalue weighted by atomic mass is 32.1. The summed E-state index contributed by atoms with van der Waals surface area (Å²) in [7, 11) is 0. The summed E-state index contributed by atoms with van der Waals surface area (Å²) in [5.41, 5.74) is 0.734. The minimum absolute atomic E-state index is 0.0678. The molecular formula is C21H30N2O3S. The van der Waals surface area contributed by atoms with Crippen LogP contribution in [0.4, 0.5) is 0 Å². The van der Waals surface area contributed by atoms with Gasteiger partial charge in [0.15, 0.2) is 0 Å². The molecule has 0 bridgehead atoms. The number of amides is 2. The Morgan fingerprint density at radius 1 is 1.11 bits per heavy atom. The van der Waals surface area contributed by atoms with Gasteiger partial charge in [-0.25, -0.2) is 0 Å². The second kappa shape index (κ2) is 7.92. The molecule has 2 aliphatic carbocycles. The molecule has 1 saturated carbocycles. The molecule has 0 atom stereocenters. The van der Waals surface area contributed by atoms with Crippen molar-refractivity contribution in [1.82, 2.24) is 10.2 Å². The topological polar surface area (TPSA) is 69.6 Å². The van der Waals surface area contributed by atoms with E-state index in [9.17, 15) is 14.7 Å². The molecular weight excluding hydrogens is 360 g/mol. The van der Waals surface area contributed by atoms with Gasteiger partial charge in [0.05, 0.1) is 16.4 Å². The summed E-state index contributed by atoms with van der Waals surface area (Å²) in [5, 5.41) is 12.9. The van der Waals surface area contributed by atoms with E-state index in [1.165, 1.54) is 36.1 Å². The van der Waals surface area contributed by atoms with Crippen molar-refractivity contribution in [3.05, 3.63) is 21.4 Å². The molecule has 2 heterocycles. The maximum atomic E-state index is 12.9. The van der Waals surface area contributed by atoms with Crippen LogP contribution in [-0.2, 0) is 17.6 Å². The largest absolute Gasteiger partial charge is 0.393 e. The zero-order chi connectivity index (χ0) is 18.9. The van der Waals surface area contributed by atoms with Crippen molar-refractivity contribution in [1.29, 1.82) is 0 Å². The van der Waals surface area contributed by atoms with Gasteiger partial charge in [0.1, 0.15) is 0 Å². The number of fused-ring (bicyclic) bond motifs is 1. The fourth-order valence-electron chi connectivity index (χ4n) is 4.79. The van der Waals surface area contributed by atoms with Crippen molar-refractivity contribution in [3.63, 3.8) is 0 Å². The molecule has 4 rings (SSSR count). The quantitative estimate of drug-likeness (QED) is 0.831. The Morgan fingerprint density at radius 3 is 2.52 bits per heavy atom. The number of aryl methyl sites for hydroxylation is 2. The van der Waals surface area contributed by atoms with E-state index in [4.69, 9.17) is 0 Å². The number of nitrogens with zero attached hydrogens (tertiary/aromatic N) is 1. The molecule has 0 spiro atoms. The lowest BCUT2D eigenvalue weighted by atomic mass is 9.65. The van der Waals surface area contributed by atoms with Crippen LogP contribution in [0.3, 0.4) is 0 Å². The second-order valence-corrected chi connectivity index (χ2v) is 9.63. The summed E-state index contributed by atoms with van der Waals surface area (Å²) in [6, 6.07) is 2.06. The number of aliphatic hydroxyl groups is 1. The predicted octanol–water partition coefficient (Wildman–Crippen LogP) is 2.90. The van der Waals surface area contributed by atoms with Gasteiger partial charge in [0.2, 0.25) is 5.91 Å². The molecule has 2 N–H and O–H groups in total. The summed E-state index contributed by atoms with van der Waals surface area (Å²) in [4.78, 5) is 29.7. The molecule has 1 saturated heterocycles. The Hall–Kier alpha value is -1.40. The SMILES string of the molecule is O=C(NCC1(C(=O)N2CCCC2)CC(O)C1)c1cc2c(s1)CCCCCC2. The van der Waals surface area contributed by atoms with Gasteiger partial charge in [-0.1, -0.05) is 12.8 Å². The normalized spacial score (nSPS) is 28.0. The van der Waals surface area contributed by atoms with Crippen molar-refractivity contribution in [2.75, 3.05) is 19.6 Å². The van der Waals surface area contributed by atoms with Crippen LogP contribution >= 0.6 is 11.3 Å². The Labute approximate surface area is 165 Å². The van der Waals surface area contributed by atoms with E-state index in [1.54, 1.807) is 11.3 Å². The molecule has 6 heteroatoms. The van der Waals surface area contributed by atoms with Crippen LogP contribution in [0.2, 0.25) is 0 Å². The number of aliphatic hydroxyl groups excluding tert-OH is 1. The number of carbonyl (C=O) groups excluding carboxylic acids is 2. The third kappa shape index (κ3) is 3.92. The van der Waals surface area contributed by atoms with Gasteiger partial charge in [-0.15, -0.1) is 11.3 Å². The van der Waals surface area contributed by atoms with Crippen molar-refractivity contribution >= 4 is 23.2 Å². The van der Waals surface area contributed by atoms with Gasteiger partial charge in [0.25, 0.3) is 5.91 Å². The molecule has 148 valence electrons. The van der Waals surface area contributed by atoms with Crippen LogP contribution in [0.15, 0.2) is 6.07 Å². The summed E-state index contributed by atoms with van der Waals surface area (Å²) in [5.74, 6) is 0.0470. The molecule has 27 heavy (non-hydrogen) atoms. The van der Waals surface area contributed by atoms with Crippen molar-refractivity contribution in [2.45, 2.75) is 70.3 Å². The lowest BCUT2D eigenvalue weighted by molar-refractivity contribution is -0.154. The summed E-state index contributed by atoms with van der Waals surface area (Å²) < 4.78 is 0. The number of likely N-dealkylation sites (tertiary alicyclic amines) is 1. The Morgan fingerprint density at radius 2 is 1.81 bits per heavy atom. The second-order valence-electron chi connectivity index (χ2n) is 8.50. The zero-order valence-electron chi connectivity index (χ0n) is 16.0. The van der Waals surface area contributed by atoms with Crippen molar-refractivity contribution < 1.29 is 14.7 Å². The Balaban J connectivity index is 1.41. The highest BCUT2D eigenvalue weighted by Gasteiger charge is 2.51. The van der Waals surface area contributed by atoms with Crippen LogP contribution in [0, 0.1) is 5.41 Å². The molecule has 2 amide bonds. The van der Waals surface area contributed by atoms with Crippen LogP contribution in [0.5, 0.6) is 0 Å². The van der Waals surface area contributed by atoms with Crippen molar-refractivity contribution in [2.24, 2.45) is 5.41 Å². The van der Waals surface area contributed by atoms with Gasteiger partial charge in [-0.3, -0.25) is 9.59 Å². The van der Waals surface area contributed by atoms with Crippen molar-refractivity contribution in [3.8, 4) is 0 Å². The smallest absolute Gasteiger partial charge is 0.261 e. The van der Waals surface area contributed by atoms with Gasteiger partial charge in [0, 0.05) is 24.5 Å². The third-order valence-corrected chi connectivity index (χ3v) is 7.64. The highest BCUT2D eigenvalue weighted by Crippen LogP contribution is 2.43. The van der Waals surface area contributed by atoms with Gasteiger partial charge < -0.3 is 15.3 Å². The summed E-state index contributed by atoms with van der Waals surface area (Å²) in [6.45, 7) is 1.95. The lowest BCUT2D eigenvalue weighted by Crippen LogP contribution is -2.57. The minimum atomic E-state index is -0.606. The van der Waals surface area contributed by atoms with Gasteiger partial charge in [-0.2, -0.15) is 0 Å². The highest BCUT2D eigenvalue weighted by molar-refractivity contribution is 7.14. The number of nitrogens with one attached hydrogen (secondary N) is 1. The summed E-state index contributed by atoms with van der Waals surface area (Å²) in [6.07, 6.45) is 9.73. The van der Waals surface area contributed by atoms with E-state index in [-0.39, 0.29) is 11.8 Å². The first kappa shape index (κ1) is 18.9. The Kier molecular flexibility index (Phi) is 5.55. The fourth-order valence-corrected chi connectivity index (χ4v) is 5.96. The first-order valence-corrected chi connectivity index (χ1v) is 11.3. The van der Waals surface area contributed by atoms with Crippen LogP contribution in [-0.4, -0.2) is 47.6 Å². The third-order valence-electron chi connectivity index (χ3n) is 6.41. The van der Waals surface area contributed by atoms with Crippen LogP contribution < -0.4 is 5.32 Å². The monoisotopic (exact) mass is 390 g/mol. The molecule has 5 nitrogen and oxygen atoms in total.